The highest BCUT2D eigenvalue weighted by molar-refractivity contribution is 7.07. The minimum atomic E-state index is -0.607. The quantitative estimate of drug-likeness (QED) is 0.680. The van der Waals surface area contributed by atoms with Crippen LogP contribution in [0.2, 0.25) is 5.02 Å². The number of rotatable bonds is 5. The molecule has 0 aliphatic rings. The first-order valence-electron chi connectivity index (χ1n) is 5.81. The molecule has 104 valence electrons. The van der Waals surface area contributed by atoms with Gasteiger partial charge in [-0.2, -0.15) is 11.3 Å². The van der Waals surface area contributed by atoms with E-state index in [0.717, 1.165) is 12.0 Å². The molecule has 0 unspecified atom stereocenters. The molecule has 0 radical (unpaired) electrons. The molecule has 0 aliphatic heterocycles. The van der Waals surface area contributed by atoms with Gasteiger partial charge < -0.3 is 5.32 Å². The standard InChI is InChI=1S/C13H11ClN2O3S/c14-11-2-1-10(7-12(11)16(18)19)13(17)15-5-3-9-4-6-20-8-9/h1-2,4,6-8H,3,5H2,(H,15,17). The fourth-order valence-corrected chi connectivity index (χ4v) is 2.54. The van der Waals surface area contributed by atoms with Gasteiger partial charge in [-0.05, 0) is 40.9 Å². The first kappa shape index (κ1) is 14.5. The monoisotopic (exact) mass is 310 g/mol. The molecule has 1 aromatic heterocycles. The smallest absolute Gasteiger partial charge is 0.288 e. The highest BCUT2D eigenvalue weighted by Gasteiger charge is 2.15. The van der Waals surface area contributed by atoms with Gasteiger partial charge in [0, 0.05) is 18.2 Å². The maximum atomic E-state index is 11.9. The maximum absolute atomic E-state index is 11.9. The number of carbonyl (C=O) groups excluding carboxylic acids is 1. The molecule has 7 heteroatoms. The molecule has 0 spiro atoms. The molecule has 1 N–H and O–H groups in total. The molecule has 1 heterocycles. The van der Waals surface area contributed by atoms with Crippen molar-refractivity contribution in [1.29, 1.82) is 0 Å². The van der Waals surface area contributed by atoms with Crippen molar-refractivity contribution in [3.05, 3.63) is 61.3 Å². The number of nitrogens with one attached hydrogen (secondary N) is 1. The number of carbonyl (C=O) groups is 1. The van der Waals surface area contributed by atoms with Gasteiger partial charge in [-0.1, -0.05) is 11.6 Å². The van der Waals surface area contributed by atoms with Crippen LogP contribution in [0.5, 0.6) is 0 Å². The minimum absolute atomic E-state index is 0.0184. The Balaban J connectivity index is 1.98. The van der Waals surface area contributed by atoms with Crippen molar-refractivity contribution in [3.8, 4) is 0 Å². The molecule has 1 aromatic carbocycles. The number of amides is 1. The van der Waals surface area contributed by atoms with E-state index in [-0.39, 0.29) is 22.2 Å². The third kappa shape index (κ3) is 3.55. The topological polar surface area (TPSA) is 72.2 Å². The van der Waals surface area contributed by atoms with Crippen LogP contribution in [0, 0.1) is 10.1 Å². The molecule has 20 heavy (non-hydrogen) atoms. The summed E-state index contributed by atoms with van der Waals surface area (Å²) in [5.41, 5.74) is 1.11. The van der Waals surface area contributed by atoms with E-state index in [4.69, 9.17) is 11.6 Å². The largest absolute Gasteiger partial charge is 0.352 e. The Morgan fingerprint density at radius 2 is 2.20 bits per heavy atom. The number of halogens is 1. The summed E-state index contributed by atoms with van der Waals surface area (Å²) in [6, 6.07) is 5.99. The molecule has 0 atom stereocenters. The van der Waals surface area contributed by atoms with E-state index in [1.54, 1.807) is 11.3 Å². The third-order valence-corrected chi connectivity index (χ3v) is 3.74. The van der Waals surface area contributed by atoms with Gasteiger partial charge in [0.2, 0.25) is 0 Å². The van der Waals surface area contributed by atoms with Crippen molar-refractivity contribution >= 4 is 34.5 Å². The SMILES string of the molecule is O=C(NCCc1ccsc1)c1ccc(Cl)c([N+](=O)[O-])c1. The molecular weight excluding hydrogens is 300 g/mol. The van der Waals surface area contributed by atoms with Gasteiger partial charge >= 0.3 is 0 Å². The van der Waals surface area contributed by atoms with Crippen LogP contribution < -0.4 is 5.32 Å². The lowest BCUT2D eigenvalue weighted by Gasteiger charge is -2.05. The number of benzene rings is 1. The summed E-state index contributed by atoms with van der Waals surface area (Å²) < 4.78 is 0. The molecule has 5 nitrogen and oxygen atoms in total. The summed E-state index contributed by atoms with van der Waals surface area (Å²) in [6.45, 7) is 0.478. The Morgan fingerprint density at radius 1 is 1.40 bits per heavy atom. The summed E-state index contributed by atoms with van der Waals surface area (Å²) >= 11 is 7.29. The van der Waals surface area contributed by atoms with Gasteiger partial charge in [-0.15, -0.1) is 0 Å². The maximum Gasteiger partial charge on any atom is 0.288 e. The van der Waals surface area contributed by atoms with Gasteiger partial charge in [-0.3, -0.25) is 14.9 Å². The number of hydrogen-bond acceptors (Lipinski definition) is 4. The predicted octanol–water partition coefficient (Wildman–Crippen LogP) is 3.28. The number of hydrogen-bond donors (Lipinski definition) is 1. The zero-order valence-corrected chi connectivity index (χ0v) is 11.9. The van der Waals surface area contributed by atoms with E-state index < -0.39 is 4.92 Å². The Hall–Kier alpha value is -1.92. The summed E-state index contributed by atoms with van der Waals surface area (Å²) in [4.78, 5) is 22.0. The molecule has 1 amide bonds. The first-order valence-corrected chi connectivity index (χ1v) is 7.13. The molecule has 2 aromatic rings. The van der Waals surface area contributed by atoms with Crippen LogP contribution in [-0.2, 0) is 6.42 Å². The van der Waals surface area contributed by atoms with Crippen molar-refractivity contribution in [2.45, 2.75) is 6.42 Å². The molecule has 2 rings (SSSR count). The number of nitro groups is 1. The zero-order chi connectivity index (χ0) is 14.5. The van der Waals surface area contributed by atoms with Crippen LogP contribution in [0.3, 0.4) is 0 Å². The average Bonchev–Trinajstić information content (AvgIpc) is 2.92. The molecule has 0 saturated heterocycles. The van der Waals surface area contributed by atoms with Crippen LogP contribution in [0.1, 0.15) is 15.9 Å². The van der Waals surface area contributed by atoms with Crippen molar-refractivity contribution in [2.24, 2.45) is 0 Å². The van der Waals surface area contributed by atoms with E-state index in [1.807, 2.05) is 16.8 Å². The first-order chi connectivity index (χ1) is 9.58. The molecule has 0 saturated carbocycles. The summed E-state index contributed by atoms with van der Waals surface area (Å²) in [7, 11) is 0. The van der Waals surface area contributed by atoms with Gasteiger partial charge in [0.05, 0.1) is 4.92 Å². The van der Waals surface area contributed by atoms with E-state index >= 15 is 0 Å². The Bertz CT molecular complexity index is 629. The summed E-state index contributed by atoms with van der Waals surface area (Å²) in [5.74, 6) is -0.347. The van der Waals surface area contributed by atoms with Gasteiger partial charge in [-0.25, -0.2) is 0 Å². The molecular formula is C13H11ClN2O3S. The second-order valence-corrected chi connectivity index (χ2v) is 5.25. The molecule has 0 bridgehead atoms. The highest BCUT2D eigenvalue weighted by Crippen LogP contribution is 2.24. The number of nitrogens with zero attached hydrogens (tertiary/aromatic N) is 1. The predicted molar refractivity (Wildman–Crippen MR) is 78.5 cm³/mol. The lowest BCUT2D eigenvalue weighted by atomic mass is 10.2. The van der Waals surface area contributed by atoms with E-state index in [9.17, 15) is 14.9 Å². The minimum Gasteiger partial charge on any atom is -0.352 e. The second kappa shape index (κ2) is 6.49. The van der Waals surface area contributed by atoms with Crippen molar-refractivity contribution in [1.82, 2.24) is 5.32 Å². The molecule has 0 fully saturated rings. The molecule has 0 aliphatic carbocycles. The Kier molecular flexibility index (Phi) is 4.70. The van der Waals surface area contributed by atoms with Gasteiger partial charge in [0.15, 0.2) is 0 Å². The number of thiophene rings is 1. The van der Waals surface area contributed by atoms with Crippen LogP contribution >= 0.6 is 22.9 Å². The zero-order valence-electron chi connectivity index (χ0n) is 10.3. The van der Waals surface area contributed by atoms with Crippen molar-refractivity contribution < 1.29 is 9.72 Å². The van der Waals surface area contributed by atoms with Crippen LogP contribution in [-0.4, -0.2) is 17.4 Å². The fraction of sp³-hybridized carbons (Fsp3) is 0.154. The average molecular weight is 311 g/mol. The van der Waals surface area contributed by atoms with Crippen molar-refractivity contribution in [2.75, 3.05) is 6.54 Å². The summed E-state index contributed by atoms with van der Waals surface area (Å²) in [6.07, 6.45) is 0.727. The van der Waals surface area contributed by atoms with Gasteiger partial charge in [0.1, 0.15) is 5.02 Å². The summed E-state index contributed by atoms with van der Waals surface area (Å²) in [5, 5.41) is 17.5. The van der Waals surface area contributed by atoms with E-state index in [2.05, 4.69) is 5.32 Å². The highest BCUT2D eigenvalue weighted by atomic mass is 35.5. The van der Waals surface area contributed by atoms with Crippen molar-refractivity contribution in [3.63, 3.8) is 0 Å². The number of nitro benzene ring substituents is 1. The van der Waals surface area contributed by atoms with Crippen LogP contribution in [0.15, 0.2) is 35.0 Å². The second-order valence-electron chi connectivity index (χ2n) is 4.06. The lowest BCUT2D eigenvalue weighted by molar-refractivity contribution is -0.384. The van der Waals surface area contributed by atoms with Crippen LogP contribution in [0.25, 0.3) is 0 Å². The normalized spacial score (nSPS) is 10.2. The van der Waals surface area contributed by atoms with Crippen LogP contribution in [0.4, 0.5) is 5.69 Å². The van der Waals surface area contributed by atoms with Gasteiger partial charge in [0.25, 0.3) is 11.6 Å². The Morgan fingerprint density at radius 3 is 2.85 bits per heavy atom. The van der Waals surface area contributed by atoms with E-state index in [0.29, 0.717) is 6.54 Å². The Labute approximate surface area is 124 Å². The third-order valence-electron chi connectivity index (χ3n) is 2.68. The lowest BCUT2D eigenvalue weighted by Crippen LogP contribution is -2.25. The fourth-order valence-electron chi connectivity index (χ4n) is 1.65. The van der Waals surface area contributed by atoms with E-state index in [1.165, 1.54) is 18.2 Å².